The lowest BCUT2D eigenvalue weighted by Gasteiger charge is -2.28. The number of nitrogens with one attached hydrogen (secondary N) is 2. The third-order valence-electron chi connectivity index (χ3n) is 7.21. The normalized spacial score (nSPS) is 21.5. The Hall–Kier alpha value is -3.27. The Bertz CT molecular complexity index is 1560. The van der Waals surface area contributed by atoms with Gasteiger partial charge in [0.25, 0.3) is 0 Å². The monoisotopic (exact) mass is 561 g/mol. The number of hydrogen-bond acceptors (Lipinski definition) is 7. The van der Waals surface area contributed by atoms with E-state index >= 15 is 0 Å². The van der Waals surface area contributed by atoms with E-state index in [0.29, 0.717) is 29.0 Å². The van der Waals surface area contributed by atoms with E-state index in [2.05, 4.69) is 39.4 Å². The number of imidazole rings is 1. The molecular formula is C27H30F3N5O3S. The van der Waals surface area contributed by atoms with Crippen LogP contribution in [0.2, 0.25) is 0 Å². The molecule has 12 heteroatoms. The number of likely N-dealkylation sites (N-methyl/N-ethyl adjacent to an activating group) is 1. The van der Waals surface area contributed by atoms with Gasteiger partial charge in [0, 0.05) is 49.3 Å². The summed E-state index contributed by atoms with van der Waals surface area (Å²) in [6.45, 7) is 1.94. The quantitative estimate of drug-likeness (QED) is 0.447. The molecule has 3 aromatic rings. The molecule has 0 radical (unpaired) electrons. The fourth-order valence-corrected chi connectivity index (χ4v) is 6.25. The summed E-state index contributed by atoms with van der Waals surface area (Å²) in [5, 5.41) is 6.69. The van der Waals surface area contributed by atoms with Crippen molar-refractivity contribution in [3.8, 4) is 17.6 Å². The Morgan fingerprint density at radius 2 is 2.05 bits per heavy atom. The van der Waals surface area contributed by atoms with Crippen LogP contribution in [-0.2, 0) is 16.3 Å². The summed E-state index contributed by atoms with van der Waals surface area (Å²) in [4.78, 5) is 7.00. The van der Waals surface area contributed by atoms with Gasteiger partial charge >= 0.3 is 6.18 Å². The van der Waals surface area contributed by atoms with Crippen molar-refractivity contribution in [2.24, 2.45) is 5.92 Å². The van der Waals surface area contributed by atoms with Crippen LogP contribution in [0, 0.1) is 17.8 Å². The Morgan fingerprint density at radius 1 is 1.26 bits per heavy atom. The van der Waals surface area contributed by atoms with Crippen LogP contribution in [0.25, 0.3) is 5.65 Å². The number of piperidine rings is 1. The summed E-state index contributed by atoms with van der Waals surface area (Å²) in [6.07, 6.45) is -1.84. The van der Waals surface area contributed by atoms with Gasteiger partial charge < -0.3 is 24.7 Å². The number of halogens is 3. The molecule has 4 heterocycles. The maximum absolute atomic E-state index is 13.6. The SMILES string of the molecule is COc1cc(S(C)(=O)=O)ccc1NCC#Cc1nc2c([C@@H]3N[C@@H]4C[C@H]3CN(C)C4)cccn2c1CC(F)(F)F. The molecule has 5 rings (SSSR count). The van der Waals surface area contributed by atoms with Crippen LogP contribution in [0.4, 0.5) is 18.9 Å². The van der Waals surface area contributed by atoms with E-state index in [0.717, 1.165) is 31.3 Å². The number of methoxy groups -OCH3 is 1. The summed E-state index contributed by atoms with van der Waals surface area (Å²) in [5.74, 6) is 6.36. The van der Waals surface area contributed by atoms with Gasteiger partial charge in [0.05, 0.1) is 36.4 Å². The van der Waals surface area contributed by atoms with E-state index < -0.39 is 22.4 Å². The van der Waals surface area contributed by atoms with E-state index in [1.165, 1.54) is 23.6 Å². The maximum Gasteiger partial charge on any atom is 0.394 e. The van der Waals surface area contributed by atoms with Gasteiger partial charge in [-0.15, -0.1) is 0 Å². The lowest BCUT2D eigenvalue weighted by molar-refractivity contribution is -0.128. The molecule has 0 aliphatic carbocycles. The molecule has 3 atom stereocenters. The summed E-state index contributed by atoms with van der Waals surface area (Å²) in [7, 11) is 0.0905. The molecule has 39 heavy (non-hydrogen) atoms. The van der Waals surface area contributed by atoms with Gasteiger partial charge in [0.1, 0.15) is 17.1 Å². The second kappa shape index (κ2) is 10.4. The van der Waals surface area contributed by atoms with Crippen molar-refractivity contribution in [2.45, 2.75) is 36.0 Å². The minimum Gasteiger partial charge on any atom is -0.495 e. The van der Waals surface area contributed by atoms with Crippen molar-refractivity contribution < 1.29 is 26.3 Å². The van der Waals surface area contributed by atoms with Gasteiger partial charge in [0.2, 0.25) is 0 Å². The smallest absolute Gasteiger partial charge is 0.394 e. The highest BCUT2D eigenvalue weighted by Crippen LogP contribution is 2.38. The molecule has 0 amide bonds. The largest absolute Gasteiger partial charge is 0.495 e. The predicted molar refractivity (Wildman–Crippen MR) is 142 cm³/mol. The second-order valence-electron chi connectivity index (χ2n) is 10.2. The summed E-state index contributed by atoms with van der Waals surface area (Å²) in [5.41, 5.74) is 1.96. The van der Waals surface area contributed by atoms with Gasteiger partial charge in [-0.1, -0.05) is 12.0 Å². The fraction of sp³-hybridized carbons (Fsp3) is 0.444. The van der Waals surface area contributed by atoms with Crippen LogP contribution < -0.4 is 15.4 Å². The molecule has 2 N–H and O–H groups in total. The molecule has 2 saturated heterocycles. The number of benzene rings is 1. The molecule has 1 aromatic carbocycles. The number of sulfone groups is 1. The van der Waals surface area contributed by atoms with Crippen molar-refractivity contribution in [1.29, 1.82) is 0 Å². The van der Waals surface area contributed by atoms with Crippen molar-refractivity contribution in [3.63, 3.8) is 0 Å². The van der Waals surface area contributed by atoms with E-state index in [-0.39, 0.29) is 28.9 Å². The first-order chi connectivity index (χ1) is 18.4. The number of pyridine rings is 1. The standard InChI is InChI=1S/C27H30F3N5O3S/c1-34-15-17-12-18(16-34)32-25(17)20-6-5-11-35-23(14-27(28,29)30)21(33-26(20)35)7-4-10-31-22-9-8-19(39(3,36)37)13-24(22)38-2/h5-6,8-9,11,13,17-18,25,31-32H,10,12,14-16H2,1-3H3/t17-,18+,25+/m0/s1. The molecule has 2 fully saturated rings. The molecule has 0 saturated carbocycles. The number of fused-ring (bicyclic) bond motifs is 3. The number of nitrogens with zero attached hydrogens (tertiary/aromatic N) is 3. The lowest BCUT2D eigenvalue weighted by atomic mass is 9.91. The molecule has 2 aliphatic heterocycles. The third kappa shape index (κ3) is 5.85. The van der Waals surface area contributed by atoms with Crippen LogP contribution in [0.5, 0.6) is 5.75 Å². The Labute approximate surface area is 225 Å². The first kappa shape index (κ1) is 27.3. The van der Waals surface area contributed by atoms with Crippen molar-refractivity contribution in [2.75, 3.05) is 45.4 Å². The zero-order chi connectivity index (χ0) is 27.9. The van der Waals surface area contributed by atoms with Crippen LogP contribution in [-0.4, -0.2) is 75.0 Å². The summed E-state index contributed by atoms with van der Waals surface area (Å²) >= 11 is 0. The lowest BCUT2D eigenvalue weighted by Crippen LogP contribution is -2.38. The van der Waals surface area contributed by atoms with Crippen LogP contribution in [0.15, 0.2) is 41.4 Å². The molecule has 208 valence electrons. The van der Waals surface area contributed by atoms with E-state index in [9.17, 15) is 21.6 Å². The van der Waals surface area contributed by atoms with Crippen molar-refractivity contribution in [3.05, 3.63) is 53.5 Å². The topological polar surface area (TPSA) is 88.0 Å². The second-order valence-corrected chi connectivity index (χ2v) is 12.2. The van der Waals surface area contributed by atoms with Crippen LogP contribution in [0.1, 0.15) is 29.4 Å². The van der Waals surface area contributed by atoms with E-state index in [4.69, 9.17) is 4.74 Å². The number of rotatable bonds is 6. The van der Waals surface area contributed by atoms with E-state index in [1.807, 2.05) is 6.07 Å². The van der Waals surface area contributed by atoms with Gasteiger partial charge in [-0.2, -0.15) is 13.2 Å². The third-order valence-corrected chi connectivity index (χ3v) is 8.32. The molecular weight excluding hydrogens is 531 g/mol. The molecule has 0 unspecified atom stereocenters. The number of anilines is 1. The summed E-state index contributed by atoms with van der Waals surface area (Å²) in [6, 6.07) is 8.46. The first-order valence-electron chi connectivity index (χ1n) is 12.5. The Kier molecular flexibility index (Phi) is 7.26. The number of alkyl halides is 3. The van der Waals surface area contributed by atoms with Crippen molar-refractivity contribution in [1.82, 2.24) is 19.6 Å². The highest BCUT2D eigenvalue weighted by molar-refractivity contribution is 7.90. The number of hydrogen-bond donors (Lipinski definition) is 2. The number of likely N-dealkylation sites (tertiary alicyclic amines) is 1. The average molecular weight is 562 g/mol. The van der Waals surface area contributed by atoms with Crippen molar-refractivity contribution >= 4 is 21.2 Å². The zero-order valence-electron chi connectivity index (χ0n) is 21.8. The summed E-state index contributed by atoms with van der Waals surface area (Å²) < 4.78 is 71.2. The van der Waals surface area contributed by atoms with Gasteiger partial charge in [-0.05, 0) is 43.5 Å². The molecule has 2 aliphatic rings. The highest BCUT2D eigenvalue weighted by Gasteiger charge is 2.40. The minimum atomic E-state index is -4.43. The molecule has 8 nitrogen and oxygen atoms in total. The van der Waals surface area contributed by atoms with Gasteiger partial charge in [0.15, 0.2) is 9.84 Å². The molecule has 2 aromatic heterocycles. The predicted octanol–water partition coefficient (Wildman–Crippen LogP) is 3.28. The highest BCUT2D eigenvalue weighted by atomic mass is 32.2. The van der Waals surface area contributed by atoms with Gasteiger partial charge in [-0.3, -0.25) is 0 Å². The molecule has 2 bridgehead atoms. The van der Waals surface area contributed by atoms with Crippen LogP contribution >= 0.6 is 0 Å². The molecule has 0 spiro atoms. The number of aromatic nitrogens is 2. The Morgan fingerprint density at radius 3 is 2.77 bits per heavy atom. The van der Waals surface area contributed by atoms with Crippen LogP contribution in [0.3, 0.4) is 0 Å². The Balaban J connectivity index is 1.44. The van der Waals surface area contributed by atoms with Gasteiger partial charge in [-0.25, -0.2) is 13.4 Å². The first-order valence-corrected chi connectivity index (χ1v) is 14.4. The van der Waals surface area contributed by atoms with E-state index in [1.54, 1.807) is 18.3 Å². The fourth-order valence-electron chi connectivity index (χ4n) is 5.62. The zero-order valence-corrected chi connectivity index (χ0v) is 22.7. The average Bonchev–Trinajstić information content (AvgIpc) is 3.35. The maximum atomic E-state index is 13.6. The minimum absolute atomic E-state index is 0.0000211. The number of ether oxygens (including phenoxy) is 1.